The van der Waals surface area contributed by atoms with Crippen molar-refractivity contribution in [3.05, 3.63) is 0 Å². The van der Waals surface area contributed by atoms with Gasteiger partial charge >= 0.3 is 0 Å². The molecule has 0 aromatic carbocycles. The van der Waals surface area contributed by atoms with Crippen molar-refractivity contribution in [3.63, 3.8) is 0 Å². The summed E-state index contributed by atoms with van der Waals surface area (Å²) in [4.78, 5) is 5.51. The van der Waals surface area contributed by atoms with Gasteiger partial charge in [0, 0.05) is 37.8 Å². The Hall–Kier alpha value is -0.120. The van der Waals surface area contributed by atoms with Gasteiger partial charge in [0.05, 0.1) is 0 Å². The number of piperidine rings is 1. The van der Waals surface area contributed by atoms with Crippen LogP contribution in [0.15, 0.2) is 0 Å². The molecule has 3 heterocycles. The summed E-state index contributed by atoms with van der Waals surface area (Å²) in [6.45, 7) is 8.79. The Bertz CT molecular complexity index is 256. The van der Waals surface area contributed by atoms with E-state index in [0.717, 1.165) is 18.1 Å². The van der Waals surface area contributed by atoms with E-state index in [-0.39, 0.29) is 0 Å². The molecule has 0 saturated carbocycles. The molecular weight excluding hydrogens is 210 g/mol. The Balaban J connectivity index is 1.57. The van der Waals surface area contributed by atoms with Gasteiger partial charge in [0.15, 0.2) is 0 Å². The summed E-state index contributed by atoms with van der Waals surface area (Å²) in [5, 5.41) is 3.63. The highest BCUT2D eigenvalue weighted by atomic mass is 15.3. The van der Waals surface area contributed by atoms with Crippen LogP contribution in [0.3, 0.4) is 0 Å². The molecule has 3 atom stereocenters. The van der Waals surface area contributed by atoms with E-state index in [1.54, 1.807) is 0 Å². The molecule has 3 rings (SSSR count). The van der Waals surface area contributed by atoms with Gasteiger partial charge < -0.3 is 10.2 Å². The maximum absolute atomic E-state index is 3.63. The Morgan fingerprint density at radius 2 is 1.94 bits per heavy atom. The van der Waals surface area contributed by atoms with Crippen LogP contribution in [0.1, 0.15) is 39.0 Å². The standard InChI is InChI=1S/C14H27N3/c1-2-12-11-17(9-6-15-12)14-5-8-16-7-3-4-13(16)10-14/h12-15H,2-11H2,1H3. The predicted molar refractivity (Wildman–Crippen MR) is 71.3 cm³/mol. The highest BCUT2D eigenvalue weighted by Crippen LogP contribution is 2.29. The lowest BCUT2D eigenvalue weighted by Crippen LogP contribution is -2.56. The molecule has 1 N–H and O–H groups in total. The van der Waals surface area contributed by atoms with Crippen LogP contribution in [0, 0.1) is 0 Å². The van der Waals surface area contributed by atoms with Gasteiger partial charge in [-0.15, -0.1) is 0 Å². The van der Waals surface area contributed by atoms with Crippen molar-refractivity contribution in [2.24, 2.45) is 0 Å². The second kappa shape index (κ2) is 5.25. The molecule has 3 saturated heterocycles. The van der Waals surface area contributed by atoms with Gasteiger partial charge in [-0.2, -0.15) is 0 Å². The zero-order chi connectivity index (χ0) is 11.7. The summed E-state index contributed by atoms with van der Waals surface area (Å²) < 4.78 is 0. The largest absolute Gasteiger partial charge is 0.311 e. The molecule has 3 unspecified atom stereocenters. The van der Waals surface area contributed by atoms with Crippen LogP contribution in [0.25, 0.3) is 0 Å². The molecule has 98 valence electrons. The smallest absolute Gasteiger partial charge is 0.0193 e. The minimum Gasteiger partial charge on any atom is -0.311 e. The van der Waals surface area contributed by atoms with Crippen molar-refractivity contribution in [2.45, 2.75) is 57.2 Å². The highest BCUT2D eigenvalue weighted by Gasteiger charge is 2.35. The Kier molecular flexibility index (Phi) is 3.69. The molecule has 0 aliphatic carbocycles. The molecule has 3 aliphatic rings. The fourth-order valence-electron chi connectivity index (χ4n) is 3.99. The van der Waals surface area contributed by atoms with Crippen molar-refractivity contribution >= 4 is 0 Å². The second-order valence-electron chi connectivity index (χ2n) is 6.06. The van der Waals surface area contributed by atoms with E-state index in [1.165, 1.54) is 64.8 Å². The molecular formula is C14H27N3. The molecule has 3 heteroatoms. The van der Waals surface area contributed by atoms with E-state index in [9.17, 15) is 0 Å². The number of hydrogen-bond donors (Lipinski definition) is 1. The first-order valence-corrected chi connectivity index (χ1v) is 7.58. The van der Waals surface area contributed by atoms with Crippen molar-refractivity contribution in [1.82, 2.24) is 15.1 Å². The lowest BCUT2D eigenvalue weighted by molar-refractivity contribution is 0.0664. The summed E-state index contributed by atoms with van der Waals surface area (Å²) in [5.41, 5.74) is 0. The van der Waals surface area contributed by atoms with Gasteiger partial charge in [-0.3, -0.25) is 4.90 Å². The van der Waals surface area contributed by atoms with Gasteiger partial charge in [-0.25, -0.2) is 0 Å². The third kappa shape index (κ3) is 2.51. The maximum Gasteiger partial charge on any atom is 0.0193 e. The molecule has 0 bridgehead atoms. The van der Waals surface area contributed by atoms with Crippen molar-refractivity contribution < 1.29 is 0 Å². The van der Waals surface area contributed by atoms with Gasteiger partial charge in [-0.1, -0.05) is 6.92 Å². The van der Waals surface area contributed by atoms with Crippen molar-refractivity contribution in [1.29, 1.82) is 0 Å². The van der Waals surface area contributed by atoms with Gasteiger partial charge in [0.25, 0.3) is 0 Å². The molecule has 3 fully saturated rings. The Labute approximate surface area is 106 Å². The highest BCUT2D eigenvalue weighted by molar-refractivity contribution is 4.92. The zero-order valence-electron chi connectivity index (χ0n) is 11.2. The van der Waals surface area contributed by atoms with Crippen molar-refractivity contribution in [2.75, 3.05) is 32.7 Å². The van der Waals surface area contributed by atoms with Crippen LogP contribution in [0.4, 0.5) is 0 Å². The molecule has 0 aromatic rings. The lowest BCUT2D eigenvalue weighted by Gasteiger charge is -2.44. The Morgan fingerprint density at radius 1 is 1.06 bits per heavy atom. The van der Waals surface area contributed by atoms with E-state index in [1.807, 2.05) is 0 Å². The summed E-state index contributed by atoms with van der Waals surface area (Å²) >= 11 is 0. The van der Waals surface area contributed by atoms with E-state index < -0.39 is 0 Å². The first-order chi connectivity index (χ1) is 8.36. The van der Waals surface area contributed by atoms with Crippen LogP contribution < -0.4 is 5.32 Å². The normalized spacial score (nSPS) is 40.4. The van der Waals surface area contributed by atoms with Gasteiger partial charge in [-0.05, 0) is 45.2 Å². The molecule has 0 aromatic heterocycles. The average molecular weight is 237 g/mol. The average Bonchev–Trinajstić information content (AvgIpc) is 2.86. The minimum absolute atomic E-state index is 0.741. The number of piperazine rings is 1. The number of rotatable bonds is 2. The quantitative estimate of drug-likeness (QED) is 0.781. The van der Waals surface area contributed by atoms with E-state index in [4.69, 9.17) is 0 Å². The fraction of sp³-hybridized carbons (Fsp3) is 1.00. The minimum atomic E-state index is 0.741. The van der Waals surface area contributed by atoms with Crippen LogP contribution in [0.2, 0.25) is 0 Å². The molecule has 3 aliphatic heterocycles. The van der Waals surface area contributed by atoms with E-state index in [0.29, 0.717) is 0 Å². The third-order valence-electron chi connectivity index (χ3n) is 5.09. The monoisotopic (exact) mass is 237 g/mol. The number of fused-ring (bicyclic) bond motifs is 1. The van der Waals surface area contributed by atoms with Crippen LogP contribution in [0.5, 0.6) is 0 Å². The number of nitrogens with zero attached hydrogens (tertiary/aromatic N) is 2. The van der Waals surface area contributed by atoms with Gasteiger partial charge in [0.1, 0.15) is 0 Å². The maximum atomic E-state index is 3.63. The van der Waals surface area contributed by atoms with Crippen molar-refractivity contribution in [3.8, 4) is 0 Å². The second-order valence-corrected chi connectivity index (χ2v) is 6.06. The molecule has 0 spiro atoms. The molecule has 17 heavy (non-hydrogen) atoms. The SMILES string of the molecule is CCC1CN(C2CCN3CCCC3C2)CCN1. The summed E-state index contributed by atoms with van der Waals surface area (Å²) in [5.74, 6) is 0. The summed E-state index contributed by atoms with van der Waals surface area (Å²) in [6, 6.07) is 2.54. The summed E-state index contributed by atoms with van der Waals surface area (Å²) in [6.07, 6.45) is 7.03. The molecule has 0 radical (unpaired) electrons. The van der Waals surface area contributed by atoms with Crippen LogP contribution >= 0.6 is 0 Å². The number of nitrogens with one attached hydrogen (secondary N) is 1. The predicted octanol–water partition coefficient (Wildman–Crippen LogP) is 1.30. The number of hydrogen-bond acceptors (Lipinski definition) is 3. The first kappa shape index (κ1) is 11.9. The third-order valence-corrected chi connectivity index (χ3v) is 5.09. The topological polar surface area (TPSA) is 18.5 Å². The molecule has 3 nitrogen and oxygen atoms in total. The fourth-order valence-corrected chi connectivity index (χ4v) is 3.99. The van der Waals surface area contributed by atoms with Crippen LogP contribution in [-0.2, 0) is 0 Å². The first-order valence-electron chi connectivity index (χ1n) is 7.58. The Morgan fingerprint density at radius 3 is 2.82 bits per heavy atom. The van der Waals surface area contributed by atoms with Gasteiger partial charge in [0.2, 0.25) is 0 Å². The molecule has 0 amide bonds. The lowest BCUT2D eigenvalue weighted by atomic mass is 9.95. The zero-order valence-corrected chi connectivity index (χ0v) is 11.2. The van der Waals surface area contributed by atoms with E-state index in [2.05, 4.69) is 22.0 Å². The van der Waals surface area contributed by atoms with E-state index >= 15 is 0 Å². The van der Waals surface area contributed by atoms with Crippen LogP contribution in [-0.4, -0.2) is 60.6 Å². The summed E-state index contributed by atoms with van der Waals surface area (Å²) in [7, 11) is 0.